The van der Waals surface area contributed by atoms with E-state index in [9.17, 15) is 0 Å². The van der Waals surface area contributed by atoms with E-state index in [2.05, 4.69) is 6.92 Å². The summed E-state index contributed by atoms with van der Waals surface area (Å²) in [6.07, 6.45) is 4.19. The highest BCUT2D eigenvalue weighted by atomic mass is 16.5. The minimum Gasteiger partial charge on any atom is -0.378 e. The molecule has 1 aliphatic heterocycles. The molecule has 0 bridgehead atoms. The SMILES string of the molecule is C[C@H](CN)C1CCCCO1. The zero-order valence-electron chi connectivity index (χ0n) is 6.68. The van der Waals surface area contributed by atoms with Crippen molar-refractivity contribution in [2.45, 2.75) is 32.3 Å². The highest BCUT2D eigenvalue weighted by Gasteiger charge is 2.18. The largest absolute Gasteiger partial charge is 0.378 e. The molecule has 0 aromatic carbocycles. The summed E-state index contributed by atoms with van der Waals surface area (Å²) < 4.78 is 5.55. The molecule has 2 N–H and O–H groups in total. The van der Waals surface area contributed by atoms with E-state index in [1.54, 1.807) is 0 Å². The maximum absolute atomic E-state index is 5.55. The molecule has 60 valence electrons. The molecule has 0 aliphatic carbocycles. The lowest BCUT2D eigenvalue weighted by molar-refractivity contribution is -0.0138. The Morgan fingerprint density at radius 2 is 2.40 bits per heavy atom. The smallest absolute Gasteiger partial charge is 0.0612 e. The fourth-order valence-electron chi connectivity index (χ4n) is 1.37. The molecule has 1 heterocycles. The van der Waals surface area contributed by atoms with Gasteiger partial charge in [-0.2, -0.15) is 0 Å². The first kappa shape index (κ1) is 8.02. The van der Waals surface area contributed by atoms with Crippen LogP contribution in [0.4, 0.5) is 0 Å². The van der Waals surface area contributed by atoms with Crippen molar-refractivity contribution in [2.24, 2.45) is 11.7 Å². The lowest BCUT2D eigenvalue weighted by Gasteiger charge is -2.26. The molecular formula is C8H17NO. The van der Waals surface area contributed by atoms with E-state index in [-0.39, 0.29) is 0 Å². The van der Waals surface area contributed by atoms with Crippen molar-refractivity contribution in [2.75, 3.05) is 13.2 Å². The van der Waals surface area contributed by atoms with Crippen LogP contribution in [0.5, 0.6) is 0 Å². The molecule has 0 aromatic heterocycles. The molecule has 0 radical (unpaired) electrons. The summed E-state index contributed by atoms with van der Waals surface area (Å²) in [6.45, 7) is 3.86. The quantitative estimate of drug-likeness (QED) is 0.629. The van der Waals surface area contributed by atoms with Gasteiger partial charge in [-0.1, -0.05) is 6.92 Å². The second-order valence-corrected chi connectivity index (χ2v) is 3.12. The van der Waals surface area contributed by atoms with Crippen LogP contribution in [0.2, 0.25) is 0 Å². The Kier molecular flexibility index (Phi) is 3.16. The van der Waals surface area contributed by atoms with E-state index >= 15 is 0 Å². The highest BCUT2D eigenvalue weighted by molar-refractivity contribution is 4.70. The Morgan fingerprint density at radius 3 is 2.90 bits per heavy atom. The van der Waals surface area contributed by atoms with Gasteiger partial charge in [-0.25, -0.2) is 0 Å². The molecule has 0 spiro atoms. The van der Waals surface area contributed by atoms with Crippen molar-refractivity contribution in [1.29, 1.82) is 0 Å². The maximum Gasteiger partial charge on any atom is 0.0612 e. The molecule has 0 aromatic rings. The van der Waals surface area contributed by atoms with Crippen molar-refractivity contribution in [3.05, 3.63) is 0 Å². The van der Waals surface area contributed by atoms with Crippen LogP contribution < -0.4 is 5.73 Å². The Balaban J connectivity index is 2.24. The van der Waals surface area contributed by atoms with E-state index < -0.39 is 0 Å². The molecular weight excluding hydrogens is 126 g/mol. The average Bonchev–Trinajstić information content (AvgIpc) is 2.05. The van der Waals surface area contributed by atoms with Gasteiger partial charge in [-0.05, 0) is 31.7 Å². The third-order valence-electron chi connectivity index (χ3n) is 2.22. The van der Waals surface area contributed by atoms with E-state index in [0.29, 0.717) is 12.0 Å². The molecule has 0 amide bonds. The fraction of sp³-hybridized carbons (Fsp3) is 1.00. The molecule has 1 unspecified atom stereocenters. The normalized spacial score (nSPS) is 30.0. The fourth-order valence-corrected chi connectivity index (χ4v) is 1.37. The molecule has 2 heteroatoms. The van der Waals surface area contributed by atoms with Gasteiger partial charge < -0.3 is 10.5 Å². The predicted molar refractivity (Wildman–Crippen MR) is 41.8 cm³/mol. The van der Waals surface area contributed by atoms with Crippen LogP contribution in [0.3, 0.4) is 0 Å². The Bertz CT molecular complexity index is 89.3. The van der Waals surface area contributed by atoms with Gasteiger partial charge >= 0.3 is 0 Å². The van der Waals surface area contributed by atoms with Crippen LogP contribution in [0, 0.1) is 5.92 Å². The van der Waals surface area contributed by atoms with Crippen LogP contribution in [-0.2, 0) is 4.74 Å². The minimum atomic E-state index is 0.443. The first-order valence-electron chi connectivity index (χ1n) is 4.16. The summed E-state index contributed by atoms with van der Waals surface area (Å²) in [5.74, 6) is 0.542. The number of nitrogens with two attached hydrogens (primary N) is 1. The zero-order chi connectivity index (χ0) is 7.40. The molecule has 2 atom stereocenters. The predicted octanol–water partition coefficient (Wildman–Crippen LogP) is 1.15. The lowest BCUT2D eigenvalue weighted by Crippen LogP contribution is -2.30. The Hall–Kier alpha value is -0.0800. The molecule has 1 aliphatic rings. The molecule has 1 fully saturated rings. The van der Waals surface area contributed by atoms with Crippen LogP contribution >= 0.6 is 0 Å². The van der Waals surface area contributed by atoms with Crippen molar-refractivity contribution < 1.29 is 4.74 Å². The van der Waals surface area contributed by atoms with Crippen molar-refractivity contribution in [3.8, 4) is 0 Å². The van der Waals surface area contributed by atoms with Crippen molar-refractivity contribution in [1.82, 2.24) is 0 Å². The summed E-state index contributed by atoms with van der Waals surface area (Å²) in [5.41, 5.74) is 5.52. The minimum absolute atomic E-state index is 0.443. The van der Waals surface area contributed by atoms with Gasteiger partial charge in [-0.15, -0.1) is 0 Å². The van der Waals surface area contributed by atoms with Gasteiger partial charge in [0.25, 0.3) is 0 Å². The second-order valence-electron chi connectivity index (χ2n) is 3.12. The van der Waals surface area contributed by atoms with Crippen molar-refractivity contribution in [3.63, 3.8) is 0 Å². The molecule has 1 rings (SSSR count). The first-order chi connectivity index (χ1) is 4.84. The van der Waals surface area contributed by atoms with Gasteiger partial charge in [0.05, 0.1) is 6.10 Å². The monoisotopic (exact) mass is 143 g/mol. The Morgan fingerprint density at radius 1 is 1.60 bits per heavy atom. The summed E-state index contributed by atoms with van der Waals surface area (Å²) >= 11 is 0. The summed E-state index contributed by atoms with van der Waals surface area (Å²) in [5, 5.41) is 0. The number of rotatable bonds is 2. The highest BCUT2D eigenvalue weighted by Crippen LogP contribution is 2.18. The van der Waals surface area contributed by atoms with Gasteiger partial charge in [0.2, 0.25) is 0 Å². The number of ether oxygens (including phenoxy) is 1. The third kappa shape index (κ3) is 1.96. The second kappa shape index (κ2) is 3.94. The molecule has 10 heavy (non-hydrogen) atoms. The topological polar surface area (TPSA) is 35.2 Å². The average molecular weight is 143 g/mol. The van der Waals surface area contributed by atoms with Crippen LogP contribution in [-0.4, -0.2) is 19.3 Å². The lowest BCUT2D eigenvalue weighted by atomic mass is 9.98. The third-order valence-corrected chi connectivity index (χ3v) is 2.22. The van der Waals surface area contributed by atoms with E-state index in [4.69, 9.17) is 10.5 Å². The van der Waals surface area contributed by atoms with Gasteiger partial charge in [0.1, 0.15) is 0 Å². The standard InChI is InChI=1S/C8H17NO/c1-7(6-9)8-4-2-3-5-10-8/h7-8H,2-6,9H2,1H3/t7-,8?/m1/s1. The summed E-state index contributed by atoms with van der Waals surface area (Å²) in [6, 6.07) is 0. The van der Waals surface area contributed by atoms with Gasteiger partial charge in [0.15, 0.2) is 0 Å². The zero-order valence-corrected chi connectivity index (χ0v) is 6.68. The summed E-state index contributed by atoms with van der Waals surface area (Å²) in [7, 11) is 0. The Labute approximate surface area is 62.7 Å². The van der Waals surface area contributed by atoms with Gasteiger partial charge in [0, 0.05) is 6.61 Å². The van der Waals surface area contributed by atoms with Gasteiger partial charge in [-0.3, -0.25) is 0 Å². The molecule has 2 nitrogen and oxygen atoms in total. The summed E-state index contributed by atoms with van der Waals surface area (Å²) in [4.78, 5) is 0. The van der Waals surface area contributed by atoms with Crippen LogP contribution in [0.1, 0.15) is 26.2 Å². The molecule has 0 saturated carbocycles. The van der Waals surface area contributed by atoms with E-state index in [1.165, 1.54) is 19.3 Å². The van der Waals surface area contributed by atoms with Crippen LogP contribution in [0.25, 0.3) is 0 Å². The maximum atomic E-state index is 5.55. The number of hydrogen-bond donors (Lipinski definition) is 1. The van der Waals surface area contributed by atoms with Crippen molar-refractivity contribution >= 4 is 0 Å². The van der Waals surface area contributed by atoms with Crippen LogP contribution in [0.15, 0.2) is 0 Å². The van der Waals surface area contributed by atoms with E-state index in [0.717, 1.165) is 13.2 Å². The first-order valence-corrected chi connectivity index (χ1v) is 4.16. The number of hydrogen-bond acceptors (Lipinski definition) is 2. The molecule has 1 saturated heterocycles. The van der Waals surface area contributed by atoms with E-state index in [1.807, 2.05) is 0 Å².